The molecule has 0 radical (unpaired) electrons. The molecule has 0 amide bonds. The molecular weight excluding hydrogens is 332 g/mol. The lowest BCUT2D eigenvalue weighted by molar-refractivity contribution is -0.137. The number of carbonyl (C=O) groups excluding carboxylic acids is 1. The summed E-state index contributed by atoms with van der Waals surface area (Å²) < 4.78 is 6.78. The lowest BCUT2D eigenvalue weighted by Gasteiger charge is -2.26. The van der Waals surface area contributed by atoms with E-state index in [0.29, 0.717) is 12.2 Å². The number of thiazole rings is 1. The Hall–Kier alpha value is -2.40. The smallest absolute Gasteiger partial charge is 0.321 e. The molecule has 2 aromatic carbocycles. The van der Waals surface area contributed by atoms with Crippen molar-refractivity contribution in [2.24, 2.45) is 0 Å². The van der Waals surface area contributed by atoms with Crippen molar-refractivity contribution in [3.05, 3.63) is 53.0 Å². The first kappa shape index (κ1) is 16.1. The molecule has 0 spiro atoms. The molecule has 0 N–H and O–H groups in total. The zero-order valence-electron chi connectivity index (χ0n) is 14.4. The van der Waals surface area contributed by atoms with Crippen LogP contribution in [0.2, 0.25) is 0 Å². The van der Waals surface area contributed by atoms with Gasteiger partial charge < -0.3 is 9.64 Å². The van der Waals surface area contributed by atoms with E-state index in [1.54, 1.807) is 11.3 Å². The Kier molecular flexibility index (Phi) is 4.17. The molecule has 5 heteroatoms. The summed E-state index contributed by atoms with van der Waals surface area (Å²) in [6.45, 7) is 6.10. The van der Waals surface area contributed by atoms with Gasteiger partial charge in [-0.3, -0.25) is 4.79 Å². The Balaban J connectivity index is 1.66. The van der Waals surface area contributed by atoms with Gasteiger partial charge in [0.05, 0.1) is 10.2 Å². The van der Waals surface area contributed by atoms with E-state index in [2.05, 4.69) is 35.9 Å². The third-order valence-corrected chi connectivity index (χ3v) is 5.86. The highest BCUT2D eigenvalue weighted by molar-refractivity contribution is 7.18. The summed E-state index contributed by atoms with van der Waals surface area (Å²) in [4.78, 5) is 19.5. The van der Waals surface area contributed by atoms with Gasteiger partial charge in [0, 0.05) is 24.8 Å². The van der Waals surface area contributed by atoms with Gasteiger partial charge in [-0.05, 0) is 44.0 Å². The molecule has 0 saturated heterocycles. The van der Waals surface area contributed by atoms with Crippen molar-refractivity contribution in [3.8, 4) is 5.75 Å². The predicted molar refractivity (Wildman–Crippen MR) is 102 cm³/mol. The zero-order valence-corrected chi connectivity index (χ0v) is 15.2. The fourth-order valence-electron chi connectivity index (χ4n) is 3.30. The molecule has 1 atom stereocenters. The molecule has 0 bridgehead atoms. The molecule has 1 aromatic heterocycles. The van der Waals surface area contributed by atoms with E-state index in [9.17, 15) is 4.79 Å². The minimum atomic E-state index is -0.316. The molecule has 3 aromatic rings. The molecule has 25 heavy (non-hydrogen) atoms. The van der Waals surface area contributed by atoms with Crippen LogP contribution >= 0.6 is 11.3 Å². The second-order valence-corrected chi connectivity index (χ2v) is 7.22. The minimum absolute atomic E-state index is 0.205. The van der Waals surface area contributed by atoms with Crippen LogP contribution in [0.1, 0.15) is 30.3 Å². The summed E-state index contributed by atoms with van der Waals surface area (Å²) in [6.07, 6.45) is 0.645. The molecule has 1 aliphatic heterocycles. The number of hydrogen-bond acceptors (Lipinski definition) is 5. The summed E-state index contributed by atoms with van der Waals surface area (Å²) in [7, 11) is 0. The normalized spacial score (nSPS) is 16.6. The van der Waals surface area contributed by atoms with E-state index < -0.39 is 0 Å². The van der Waals surface area contributed by atoms with Gasteiger partial charge in [-0.1, -0.05) is 18.2 Å². The second kappa shape index (κ2) is 6.48. The maximum Gasteiger partial charge on any atom is 0.321 e. The number of carbonyl (C=O) groups is 1. The van der Waals surface area contributed by atoms with E-state index >= 15 is 0 Å². The zero-order chi connectivity index (χ0) is 17.4. The van der Waals surface area contributed by atoms with Crippen molar-refractivity contribution in [2.45, 2.75) is 26.2 Å². The predicted octanol–water partition coefficient (Wildman–Crippen LogP) is 4.39. The standard InChI is InChI=1S/C20H20N2O2S/c1-3-22(4-2)14-10-9-13-11-15(20(23)24-17(13)12-14)19-21-16-7-5-6-8-18(16)25-19/h5-10,12,15H,3-4,11H2,1-2H3/t15-/m1/s1. The first-order valence-electron chi connectivity index (χ1n) is 8.64. The van der Waals surface area contributed by atoms with Crippen LogP contribution in [-0.2, 0) is 11.2 Å². The summed E-state index contributed by atoms with van der Waals surface area (Å²) in [5.41, 5.74) is 3.10. The van der Waals surface area contributed by atoms with E-state index in [0.717, 1.165) is 39.6 Å². The molecule has 128 valence electrons. The number of fused-ring (bicyclic) bond motifs is 2. The lowest BCUT2D eigenvalue weighted by atomic mass is 9.96. The molecule has 0 fully saturated rings. The number of benzene rings is 2. The van der Waals surface area contributed by atoms with Crippen LogP contribution in [0.4, 0.5) is 5.69 Å². The number of rotatable bonds is 4. The molecular formula is C20H20N2O2S. The maximum atomic E-state index is 12.6. The summed E-state index contributed by atoms with van der Waals surface area (Å²) >= 11 is 1.58. The largest absolute Gasteiger partial charge is 0.426 e. The highest BCUT2D eigenvalue weighted by Crippen LogP contribution is 2.38. The quantitative estimate of drug-likeness (QED) is 0.516. The fourth-order valence-corrected chi connectivity index (χ4v) is 4.36. The van der Waals surface area contributed by atoms with Gasteiger partial charge in [0.1, 0.15) is 16.7 Å². The van der Waals surface area contributed by atoms with E-state index in [1.165, 1.54) is 0 Å². The monoisotopic (exact) mass is 352 g/mol. The third kappa shape index (κ3) is 2.89. The Bertz CT molecular complexity index is 897. The van der Waals surface area contributed by atoms with Crippen LogP contribution in [0.25, 0.3) is 10.2 Å². The summed E-state index contributed by atoms with van der Waals surface area (Å²) in [6, 6.07) is 14.1. The van der Waals surface area contributed by atoms with Crippen LogP contribution in [0.15, 0.2) is 42.5 Å². The van der Waals surface area contributed by atoms with Crippen LogP contribution in [-0.4, -0.2) is 24.0 Å². The van der Waals surface area contributed by atoms with E-state index in [4.69, 9.17) is 4.74 Å². The Labute approximate surface area is 151 Å². The molecule has 0 unspecified atom stereocenters. The second-order valence-electron chi connectivity index (χ2n) is 6.16. The van der Waals surface area contributed by atoms with Gasteiger partial charge in [-0.25, -0.2) is 4.98 Å². The lowest BCUT2D eigenvalue weighted by Crippen LogP contribution is -2.27. The summed E-state index contributed by atoms with van der Waals surface area (Å²) in [5.74, 6) is 0.166. The number of anilines is 1. The van der Waals surface area contributed by atoms with Gasteiger partial charge in [-0.2, -0.15) is 0 Å². The van der Waals surface area contributed by atoms with Gasteiger partial charge in [0.2, 0.25) is 0 Å². The van der Waals surface area contributed by atoms with Crippen molar-refractivity contribution in [1.29, 1.82) is 0 Å². The molecule has 0 saturated carbocycles. The van der Waals surface area contributed by atoms with Crippen molar-refractivity contribution in [1.82, 2.24) is 4.98 Å². The average Bonchev–Trinajstić information content (AvgIpc) is 3.06. The highest BCUT2D eigenvalue weighted by Gasteiger charge is 2.32. The number of hydrogen-bond donors (Lipinski definition) is 0. The minimum Gasteiger partial charge on any atom is -0.426 e. The average molecular weight is 352 g/mol. The molecule has 2 heterocycles. The SMILES string of the molecule is CCN(CC)c1ccc2c(c1)OC(=O)[C@@H](c1nc3ccccc3s1)C2. The number of aromatic nitrogens is 1. The topological polar surface area (TPSA) is 42.4 Å². The van der Waals surface area contributed by atoms with Crippen LogP contribution in [0, 0.1) is 0 Å². The van der Waals surface area contributed by atoms with E-state index in [1.807, 2.05) is 30.3 Å². The molecule has 0 aliphatic carbocycles. The number of esters is 1. The Morgan fingerprint density at radius 3 is 2.76 bits per heavy atom. The van der Waals surface area contributed by atoms with Crippen LogP contribution in [0.5, 0.6) is 5.75 Å². The highest BCUT2D eigenvalue weighted by atomic mass is 32.1. The number of ether oxygens (including phenoxy) is 1. The summed E-state index contributed by atoms with van der Waals surface area (Å²) in [5, 5.41) is 0.838. The van der Waals surface area contributed by atoms with Crippen molar-refractivity contribution < 1.29 is 9.53 Å². The molecule has 1 aliphatic rings. The van der Waals surface area contributed by atoms with Gasteiger partial charge in [0.15, 0.2) is 0 Å². The van der Waals surface area contributed by atoms with Crippen molar-refractivity contribution in [3.63, 3.8) is 0 Å². The van der Waals surface area contributed by atoms with Crippen molar-refractivity contribution in [2.75, 3.05) is 18.0 Å². The fraction of sp³-hybridized carbons (Fsp3) is 0.300. The first-order chi connectivity index (χ1) is 12.2. The van der Waals surface area contributed by atoms with E-state index in [-0.39, 0.29) is 11.9 Å². The van der Waals surface area contributed by atoms with Crippen LogP contribution in [0.3, 0.4) is 0 Å². The van der Waals surface area contributed by atoms with Crippen molar-refractivity contribution >= 4 is 33.2 Å². The Morgan fingerprint density at radius 2 is 2.00 bits per heavy atom. The van der Waals surface area contributed by atoms with Gasteiger partial charge in [-0.15, -0.1) is 11.3 Å². The third-order valence-electron chi connectivity index (χ3n) is 4.71. The maximum absolute atomic E-state index is 12.6. The number of nitrogens with zero attached hydrogens (tertiary/aromatic N) is 2. The van der Waals surface area contributed by atoms with Gasteiger partial charge in [0.25, 0.3) is 0 Å². The number of para-hydroxylation sites is 1. The molecule has 4 rings (SSSR count). The molecule has 4 nitrogen and oxygen atoms in total. The Morgan fingerprint density at radius 1 is 1.20 bits per heavy atom. The first-order valence-corrected chi connectivity index (χ1v) is 9.46. The van der Waals surface area contributed by atoms with Crippen LogP contribution < -0.4 is 9.64 Å². The van der Waals surface area contributed by atoms with Gasteiger partial charge >= 0.3 is 5.97 Å².